The molecule has 0 spiro atoms. The van der Waals surface area contributed by atoms with Crippen LogP contribution in [0.2, 0.25) is 0 Å². The number of benzene rings is 5. The van der Waals surface area contributed by atoms with E-state index >= 15 is 0 Å². The van der Waals surface area contributed by atoms with Crippen LogP contribution in [0.4, 0.5) is 0 Å². The summed E-state index contributed by atoms with van der Waals surface area (Å²) < 4.78 is 0. The van der Waals surface area contributed by atoms with Crippen LogP contribution in [-0.2, 0) is 10.8 Å². The SMILES string of the molecule is CC(C)(C)c1c(C(C)(C)C)c(-c2ccccc2)c2nc(-c3ccccc3)c(-c3ccccc3)nc2c1-c1ccccc1. The molecular weight excluding hydrogens is 508 g/mol. The van der Waals surface area contributed by atoms with Crippen molar-refractivity contribution in [2.45, 2.75) is 52.4 Å². The van der Waals surface area contributed by atoms with Crippen molar-refractivity contribution in [3.05, 3.63) is 132 Å². The molecule has 0 radical (unpaired) electrons. The van der Waals surface area contributed by atoms with Crippen molar-refractivity contribution < 1.29 is 0 Å². The summed E-state index contributed by atoms with van der Waals surface area (Å²) >= 11 is 0. The first-order chi connectivity index (χ1) is 20.1. The molecule has 208 valence electrons. The summed E-state index contributed by atoms with van der Waals surface area (Å²) in [5, 5.41) is 0. The van der Waals surface area contributed by atoms with Crippen LogP contribution in [0.25, 0.3) is 55.8 Å². The Labute approximate surface area is 250 Å². The predicted octanol–water partition coefficient (Wildman–Crippen LogP) is 10.9. The maximum Gasteiger partial charge on any atom is 0.0982 e. The molecule has 0 aliphatic carbocycles. The molecule has 2 nitrogen and oxygen atoms in total. The van der Waals surface area contributed by atoms with E-state index in [0.717, 1.165) is 33.5 Å². The van der Waals surface area contributed by atoms with E-state index in [1.807, 2.05) is 0 Å². The average Bonchev–Trinajstić information content (AvgIpc) is 3.00. The third-order valence-corrected chi connectivity index (χ3v) is 7.84. The number of fused-ring (bicyclic) bond motifs is 1. The van der Waals surface area contributed by atoms with Gasteiger partial charge in [0.2, 0.25) is 0 Å². The predicted molar refractivity (Wildman–Crippen MR) is 179 cm³/mol. The van der Waals surface area contributed by atoms with Crippen molar-refractivity contribution in [2.75, 3.05) is 0 Å². The Morgan fingerprint density at radius 3 is 0.881 bits per heavy atom. The minimum absolute atomic E-state index is 0.155. The van der Waals surface area contributed by atoms with Gasteiger partial charge in [0.1, 0.15) is 0 Å². The van der Waals surface area contributed by atoms with Gasteiger partial charge in [-0.3, -0.25) is 0 Å². The third kappa shape index (κ3) is 5.03. The normalized spacial score (nSPS) is 12.0. The number of nitrogens with zero attached hydrogens (tertiary/aromatic N) is 2. The van der Waals surface area contributed by atoms with Gasteiger partial charge in [0, 0.05) is 22.3 Å². The summed E-state index contributed by atoms with van der Waals surface area (Å²) in [5.74, 6) is 0. The Balaban J connectivity index is 1.92. The molecule has 0 saturated carbocycles. The molecule has 0 saturated heterocycles. The summed E-state index contributed by atoms with van der Waals surface area (Å²) in [5.41, 5.74) is 12.8. The van der Waals surface area contributed by atoms with Crippen molar-refractivity contribution in [1.82, 2.24) is 9.97 Å². The smallest absolute Gasteiger partial charge is 0.0982 e. The summed E-state index contributed by atoms with van der Waals surface area (Å²) in [4.78, 5) is 11.2. The van der Waals surface area contributed by atoms with Crippen LogP contribution in [0.15, 0.2) is 121 Å². The summed E-state index contributed by atoms with van der Waals surface area (Å²) in [6.45, 7) is 14.0. The fourth-order valence-corrected chi connectivity index (χ4v) is 6.14. The molecule has 42 heavy (non-hydrogen) atoms. The molecule has 0 N–H and O–H groups in total. The van der Waals surface area contributed by atoms with Gasteiger partial charge in [-0.1, -0.05) is 163 Å². The van der Waals surface area contributed by atoms with Crippen molar-refractivity contribution in [3.63, 3.8) is 0 Å². The zero-order valence-corrected chi connectivity index (χ0v) is 25.4. The molecule has 0 amide bonds. The fourth-order valence-electron chi connectivity index (χ4n) is 6.14. The van der Waals surface area contributed by atoms with Crippen LogP contribution in [0.1, 0.15) is 52.7 Å². The highest BCUT2D eigenvalue weighted by Crippen LogP contribution is 2.50. The van der Waals surface area contributed by atoms with Crippen molar-refractivity contribution in [2.24, 2.45) is 0 Å². The molecule has 0 atom stereocenters. The van der Waals surface area contributed by atoms with Crippen LogP contribution in [0.3, 0.4) is 0 Å². The minimum atomic E-state index is -0.155. The molecule has 0 fully saturated rings. The first-order valence-electron chi connectivity index (χ1n) is 14.8. The number of aromatic nitrogens is 2. The van der Waals surface area contributed by atoms with Crippen molar-refractivity contribution >= 4 is 11.0 Å². The highest BCUT2D eigenvalue weighted by atomic mass is 14.8. The third-order valence-electron chi connectivity index (χ3n) is 7.84. The Morgan fingerprint density at radius 1 is 0.357 bits per heavy atom. The zero-order chi connectivity index (χ0) is 29.5. The van der Waals surface area contributed by atoms with Crippen LogP contribution in [0.5, 0.6) is 0 Å². The number of rotatable bonds is 4. The average molecular weight is 547 g/mol. The van der Waals surface area contributed by atoms with Gasteiger partial charge in [-0.25, -0.2) is 9.97 Å². The molecule has 0 aliphatic heterocycles. The van der Waals surface area contributed by atoms with Crippen LogP contribution in [-0.4, -0.2) is 9.97 Å². The second-order valence-corrected chi connectivity index (χ2v) is 13.1. The standard InChI is InChI=1S/C40H38N2/c1-39(2,3)33-31(27-19-11-7-12-20-27)37-38(32(34(33)40(4,5)6)28-21-13-8-14-22-28)42-36(30-25-17-10-18-26-30)35(41-37)29-23-15-9-16-24-29/h7-26H,1-6H3. The second kappa shape index (κ2) is 10.7. The van der Waals surface area contributed by atoms with Gasteiger partial charge in [0.05, 0.1) is 22.4 Å². The van der Waals surface area contributed by atoms with E-state index in [9.17, 15) is 0 Å². The maximum atomic E-state index is 5.62. The fraction of sp³-hybridized carbons (Fsp3) is 0.200. The Bertz CT molecular complexity index is 1700. The van der Waals surface area contributed by atoms with Gasteiger partial charge in [-0.05, 0) is 33.1 Å². The van der Waals surface area contributed by atoms with E-state index < -0.39 is 0 Å². The zero-order valence-electron chi connectivity index (χ0n) is 25.4. The van der Waals surface area contributed by atoms with Crippen LogP contribution < -0.4 is 0 Å². The van der Waals surface area contributed by atoms with Crippen LogP contribution >= 0.6 is 0 Å². The maximum absolute atomic E-state index is 5.62. The van der Waals surface area contributed by atoms with Crippen molar-refractivity contribution in [1.29, 1.82) is 0 Å². The van der Waals surface area contributed by atoms with Gasteiger partial charge in [-0.2, -0.15) is 0 Å². The van der Waals surface area contributed by atoms with E-state index in [4.69, 9.17) is 9.97 Å². The highest BCUT2D eigenvalue weighted by molar-refractivity contribution is 6.06. The molecule has 2 heteroatoms. The van der Waals surface area contributed by atoms with E-state index in [-0.39, 0.29) is 10.8 Å². The molecule has 0 bridgehead atoms. The molecule has 1 heterocycles. The first-order valence-corrected chi connectivity index (χ1v) is 14.8. The molecule has 6 rings (SSSR count). The first kappa shape index (κ1) is 27.6. The molecule has 1 aromatic heterocycles. The molecule has 5 aromatic carbocycles. The minimum Gasteiger partial charge on any atom is -0.243 e. The van der Waals surface area contributed by atoms with Crippen molar-refractivity contribution in [3.8, 4) is 44.8 Å². The quantitative estimate of drug-likeness (QED) is 0.220. The lowest BCUT2D eigenvalue weighted by Crippen LogP contribution is -2.25. The number of hydrogen-bond acceptors (Lipinski definition) is 2. The Kier molecular flexibility index (Phi) is 7.02. The Hall–Kier alpha value is -4.56. The lowest BCUT2D eigenvalue weighted by atomic mass is 9.68. The molecular formula is C40H38N2. The molecule has 0 aliphatic rings. The highest BCUT2D eigenvalue weighted by Gasteiger charge is 2.35. The van der Waals surface area contributed by atoms with E-state index in [1.54, 1.807) is 0 Å². The number of hydrogen-bond donors (Lipinski definition) is 0. The van der Waals surface area contributed by atoms with E-state index in [1.165, 1.54) is 33.4 Å². The summed E-state index contributed by atoms with van der Waals surface area (Å²) in [6.07, 6.45) is 0. The van der Waals surface area contributed by atoms with Gasteiger partial charge >= 0.3 is 0 Å². The second-order valence-electron chi connectivity index (χ2n) is 13.1. The lowest BCUT2D eigenvalue weighted by Gasteiger charge is -2.36. The van der Waals surface area contributed by atoms with Gasteiger partial charge in [0.25, 0.3) is 0 Å². The Morgan fingerprint density at radius 2 is 0.619 bits per heavy atom. The topological polar surface area (TPSA) is 25.8 Å². The monoisotopic (exact) mass is 546 g/mol. The summed E-state index contributed by atoms with van der Waals surface area (Å²) in [7, 11) is 0. The molecule has 6 aromatic rings. The van der Waals surface area contributed by atoms with E-state index in [2.05, 4.69) is 163 Å². The van der Waals surface area contributed by atoms with Gasteiger partial charge in [-0.15, -0.1) is 0 Å². The van der Waals surface area contributed by atoms with Gasteiger partial charge in [0.15, 0.2) is 0 Å². The van der Waals surface area contributed by atoms with Crippen LogP contribution in [0, 0.1) is 0 Å². The van der Waals surface area contributed by atoms with Gasteiger partial charge < -0.3 is 0 Å². The summed E-state index contributed by atoms with van der Waals surface area (Å²) in [6, 6.07) is 42.5. The lowest BCUT2D eigenvalue weighted by molar-refractivity contribution is 0.534. The largest absolute Gasteiger partial charge is 0.243 e. The molecule has 0 unspecified atom stereocenters. The van der Waals surface area contributed by atoms with E-state index in [0.29, 0.717) is 0 Å².